The zero-order valence-corrected chi connectivity index (χ0v) is 13.5. The molecule has 0 aromatic rings. The van der Waals surface area contributed by atoms with Crippen LogP contribution in [-0.4, -0.2) is 49.3 Å². The smallest absolute Gasteiger partial charge is 0.0637 e. The molecule has 1 heterocycles. The van der Waals surface area contributed by atoms with Crippen molar-refractivity contribution in [2.45, 2.75) is 71.4 Å². The summed E-state index contributed by atoms with van der Waals surface area (Å²) in [7, 11) is 0. The number of nitrogens with zero attached hydrogens (tertiary/aromatic N) is 1. The van der Waals surface area contributed by atoms with Gasteiger partial charge in [-0.3, -0.25) is 4.90 Å². The highest BCUT2D eigenvalue weighted by molar-refractivity contribution is 5.00. The Balaban J connectivity index is 2.76. The number of nitrogens with one attached hydrogen (secondary N) is 1. The topological polar surface area (TPSA) is 24.5 Å². The lowest BCUT2D eigenvalue weighted by Crippen LogP contribution is -2.61. The average Bonchev–Trinajstić information content (AvgIpc) is 2.95. The molecule has 1 unspecified atom stereocenters. The molecule has 0 bridgehead atoms. The molecule has 3 nitrogen and oxygen atoms in total. The van der Waals surface area contributed by atoms with E-state index in [-0.39, 0.29) is 5.54 Å². The van der Waals surface area contributed by atoms with E-state index in [0.29, 0.717) is 6.04 Å². The van der Waals surface area contributed by atoms with Crippen LogP contribution in [-0.2, 0) is 4.74 Å². The van der Waals surface area contributed by atoms with Gasteiger partial charge >= 0.3 is 0 Å². The second-order valence-corrected chi connectivity index (χ2v) is 5.69. The minimum Gasteiger partial charge on any atom is -0.380 e. The summed E-state index contributed by atoms with van der Waals surface area (Å²) in [5.41, 5.74) is 0.278. The highest BCUT2D eigenvalue weighted by atomic mass is 16.5. The number of rotatable bonds is 10. The third-order valence-corrected chi connectivity index (χ3v) is 4.69. The van der Waals surface area contributed by atoms with Crippen molar-refractivity contribution >= 4 is 0 Å². The van der Waals surface area contributed by atoms with E-state index < -0.39 is 0 Å². The summed E-state index contributed by atoms with van der Waals surface area (Å²) < 4.78 is 5.88. The molecule has 0 saturated carbocycles. The maximum atomic E-state index is 5.88. The molecule has 114 valence electrons. The minimum absolute atomic E-state index is 0.278. The van der Waals surface area contributed by atoms with Crippen molar-refractivity contribution in [1.82, 2.24) is 10.2 Å². The van der Waals surface area contributed by atoms with E-state index in [1.165, 1.54) is 38.8 Å². The Labute approximate surface area is 120 Å². The Hall–Kier alpha value is -0.120. The maximum absolute atomic E-state index is 5.88. The molecule has 1 atom stereocenters. The zero-order chi connectivity index (χ0) is 14.1. The molecule has 0 spiro atoms. The van der Waals surface area contributed by atoms with Crippen LogP contribution >= 0.6 is 0 Å². The largest absolute Gasteiger partial charge is 0.380 e. The van der Waals surface area contributed by atoms with Crippen molar-refractivity contribution in [3.8, 4) is 0 Å². The molecule has 0 amide bonds. The van der Waals surface area contributed by atoms with Crippen LogP contribution < -0.4 is 5.32 Å². The van der Waals surface area contributed by atoms with Crippen LogP contribution in [0.25, 0.3) is 0 Å². The van der Waals surface area contributed by atoms with Crippen LogP contribution in [0.2, 0.25) is 0 Å². The minimum atomic E-state index is 0.278. The Morgan fingerprint density at radius 2 is 1.74 bits per heavy atom. The van der Waals surface area contributed by atoms with Crippen molar-refractivity contribution in [3.63, 3.8) is 0 Å². The van der Waals surface area contributed by atoms with E-state index in [1.807, 2.05) is 0 Å². The normalized spacial score (nSPS) is 18.9. The Morgan fingerprint density at radius 3 is 2.21 bits per heavy atom. The number of hydrogen-bond acceptors (Lipinski definition) is 3. The molecule has 1 rings (SSSR count). The van der Waals surface area contributed by atoms with E-state index in [4.69, 9.17) is 4.74 Å². The first-order valence-electron chi connectivity index (χ1n) is 8.31. The summed E-state index contributed by atoms with van der Waals surface area (Å²) in [6, 6.07) is 0.456. The van der Waals surface area contributed by atoms with Gasteiger partial charge in [0.1, 0.15) is 0 Å². The third-order valence-electron chi connectivity index (χ3n) is 4.69. The van der Waals surface area contributed by atoms with Gasteiger partial charge in [0.25, 0.3) is 0 Å². The van der Waals surface area contributed by atoms with Crippen molar-refractivity contribution < 1.29 is 4.74 Å². The molecule has 0 radical (unpaired) electrons. The van der Waals surface area contributed by atoms with Gasteiger partial charge in [-0.25, -0.2) is 0 Å². The van der Waals surface area contributed by atoms with Crippen molar-refractivity contribution in [2.24, 2.45) is 0 Å². The maximum Gasteiger partial charge on any atom is 0.0637 e. The lowest BCUT2D eigenvalue weighted by Gasteiger charge is -2.47. The van der Waals surface area contributed by atoms with Crippen molar-refractivity contribution in [3.05, 3.63) is 0 Å². The zero-order valence-electron chi connectivity index (χ0n) is 13.5. The molecule has 19 heavy (non-hydrogen) atoms. The number of ether oxygens (including phenoxy) is 1. The molecule has 3 heteroatoms. The first kappa shape index (κ1) is 16.9. The van der Waals surface area contributed by atoms with Crippen LogP contribution in [0.5, 0.6) is 0 Å². The summed E-state index contributed by atoms with van der Waals surface area (Å²) in [5.74, 6) is 0. The van der Waals surface area contributed by atoms with E-state index in [1.54, 1.807) is 0 Å². The van der Waals surface area contributed by atoms with Crippen molar-refractivity contribution in [1.29, 1.82) is 0 Å². The molecule has 0 aromatic carbocycles. The van der Waals surface area contributed by atoms with Gasteiger partial charge < -0.3 is 10.1 Å². The predicted molar refractivity (Wildman–Crippen MR) is 82.7 cm³/mol. The number of likely N-dealkylation sites (N-methyl/N-ethyl adjacent to an activating group) is 1. The van der Waals surface area contributed by atoms with E-state index >= 15 is 0 Å². The van der Waals surface area contributed by atoms with Gasteiger partial charge in [0.2, 0.25) is 0 Å². The summed E-state index contributed by atoms with van der Waals surface area (Å²) in [4.78, 5) is 2.72. The molecule has 1 aliphatic heterocycles. The van der Waals surface area contributed by atoms with E-state index in [2.05, 4.69) is 37.9 Å². The van der Waals surface area contributed by atoms with Crippen molar-refractivity contribution in [2.75, 3.05) is 32.8 Å². The van der Waals surface area contributed by atoms with Gasteiger partial charge in [-0.15, -0.1) is 0 Å². The van der Waals surface area contributed by atoms with Gasteiger partial charge in [-0.2, -0.15) is 0 Å². The lowest BCUT2D eigenvalue weighted by molar-refractivity contribution is 0.0116. The molecule has 1 saturated heterocycles. The third kappa shape index (κ3) is 4.17. The second-order valence-electron chi connectivity index (χ2n) is 5.69. The number of likely N-dealkylation sites (tertiary alicyclic amines) is 1. The van der Waals surface area contributed by atoms with Gasteiger partial charge in [0.05, 0.1) is 6.61 Å². The SMILES string of the molecule is CCCOCC(NCC)C(CC)(CC)N1CCCC1. The molecule has 0 aliphatic carbocycles. The monoisotopic (exact) mass is 270 g/mol. The summed E-state index contributed by atoms with van der Waals surface area (Å²) in [6.07, 6.45) is 6.23. The first-order chi connectivity index (χ1) is 9.25. The predicted octanol–water partition coefficient (Wildman–Crippen LogP) is 3.05. The Morgan fingerprint density at radius 1 is 1.11 bits per heavy atom. The van der Waals surface area contributed by atoms with Gasteiger partial charge in [0.15, 0.2) is 0 Å². The second kappa shape index (κ2) is 8.93. The van der Waals surface area contributed by atoms with Crippen LogP contribution in [0, 0.1) is 0 Å². The number of hydrogen-bond donors (Lipinski definition) is 1. The molecular weight excluding hydrogens is 236 g/mol. The molecule has 1 N–H and O–H groups in total. The lowest BCUT2D eigenvalue weighted by atomic mass is 9.83. The molecule has 0 aromatic heterocycles. The fourth-order valence-corrected chi connectivity index (χ4v) is 3.57. The summed E-state index contributed by atoms with van der Waals surface area (Å²) in [6.45, 7) is 14.3. The molecule has 1 aliphatic rings. The van der Waals surface area contributed by atoms with E-state index in [0.717, 1.165) is 26.2 Å². The van der Waals surface area contributed by atoms with Crippen LogP contribution in [0.15, 0.2) is 0 Å². The van der Waals surface area contributed by atoms with Crippen LogP contribution in [0.4, 0.5) is 0 Å². The van der Waals surface area contributed by atoms with Gasteiger partial charge in [-0.1, -0.05) is 27.7 Å². The fraction of sp³-hybridized carbons (Fsp3) is 1.00. The highest BCUT2D eigenvalue weighted by Crippen LogP contribution is 2.31. The van der Waals surface area contributed by atoms with Gasteiger partial charge in [0, 0.05) is 18.2 Å². The molecular formula is C16H34N2O. The van der Waals surface area contributed by atoms with E-state index in [9.17, 15) is 0 Å². The fourth-order valence-electron chi connectivity index (χ4n) is 3.57. The van der Waals surface area contributed by atoms with Gasteiger partial charge in [-0.05, 0) is 51.7 Å². The standard InChI is InChI=1S/C16H34N2O/c1-5-13-19-14-15(17-8-4)16(6-2,7-3)18-11-9-10-12-18/h15,17H,5-14H2,1-4H3. The van der Waals surface area contributed by atoms with Crippen LogP contribution in [0.3, 0.4) is 0 Å². The highest BCUT2D eigenvalue weighted by Gasteiger charge is 2.41. The molecule has 1 fully saturated rings. The average molecular weight is 270 g/mol. The first-order valence-corrected chi connectivity index (χ1v) is 8.31. The quantitative estimate of drug-likeness (QED) is 0.618. The Bertz CT molecular complexity index is 223. The van der Waals surface area contributed by atoms with Crippen LogP contribution in [0.1, 0.15) is 59.8 Å². The summed E-state index contributed by atoms with van der Waals surface area (Å²) in [5, 5.41) is 3.69. The summed E-state index contributed by atoms with van der Waals surface area (Å²) >= 11 is 0. The Kier molecular flexibility index (Phi) is 7.96.